The van der Waals surface area contributed by atoms with E-state index < -0.39 is 6.04 Å². The van der Waals surface area contributed by atoms with Gasteiger partial charge in [-0.15, -0.1) is 0 Å². The van der Waals surface area contributed by atoms with Crippen molar-refractivity contribution in [3.63, 3.8) is 0 Å². The van der Waals surface area contributed by atoms with E-state index in [4.69, 9.17) is 4.74 Å². The average molecular weight is 347 g/mol. The molecule has 0 bridgehead atoms. The molecule has 1 aliphatic carbocycles. The molecule has 1 aromatic rings. The molecule has 1 aliphatic heterocycles. The number of piperidine rings is 1. The van der Waals surface area contributed by atoms with Crippen LogP contribution in [0.15, 0.2) is 10.9 Å². The first-order valence-electron chi connectivity index (χ1n) is 9.08. The van der Waals surface area contributed by atoms with Crippen LogP contribution in [0, 0.1) is 5.92 Å². The van der Waals surface area contributed by atoms with E-state index in [0.717, 1.165) is 30.5 Å². The molecular formula is C18H25N3O4. The van der Waals surface area contributed by atoms with Crippen LogP contribution in [0.25, 0.3) is 0 Å². The van der Waals surface area contributed by atoms with Gasteiger partial charge in [0.2, 0.25) is 5.91 Å². The van der Waals surface area contributed by atoms with Crippen molar-refractivity contribution in [2.24, 2.45) is 5.92 Å². The lowest BCUT2D eigenvalue weighted by Gasteiger charge is -2.32. The number of nitrogens with zero attached hydrogens (tertiary/aromatic N) is 3. The van der Waals surface area contributed by atoms with Gasteiger partial charge in [0.25, 0.3) is 5.56 Å². The predicted molar refractivity (Wildman–Crippen MR) is 91.2 cm³/mol. The molecule has 2 heterocycles. The van der Waals surface area contributed by atoms with Crippen LogP contribution in [-0.4, -0.2) is 46.3 Å². The van der Waals surface area contributed by atoms with Crippen LogP contribution < -0.4 is 5.56 Å². The van der Waals surface area contributed by atoms with Gasteiger partial charge in [-0.1, -0.05) is 0 Å². The molecule has 136 valence electrons. The number of aryl methyl sites for hydroxylation is 2. The third-order valence-corrected chi connectivity index (χ3v) is 5.13. The van der Waals surface area contributed by atoms with Crippen molar-refractivity contribution in [1.82, 2.24) is 14.7 Å². The summed E-state index contributed by atoms with van der Waals surface area (Å²) in [6, 6.07) is 0.990. The lowest BCUT2D eigenvalue weighted by Crippen LogP contribution is -2.45. The van der Waals surface area contributed by atoms with E-state index >= 15 is 0 Å². The molecular weight excluding hydrogens is 322 g/mol. The summed E-state index contributed by atoms with van der Waals surface area (Å²) >= 11 is 0. The molecule has 1 fully saturated rings. The molecule has 7 heteroatoms. The minimum atomic E-state index is -0.627. The van der Waals surface area contributed by atoms with Crippen molar-refractivity contribution in [3.8, 4) is 0 Å². The number of amides is 1. The van der Waals surface area contributed by atoms with Crippen LogP contribution in [0.5, 0.6) is 0 Å². The number of ether oxygens (including phenoxy) is 1. The van der Waals surface area contributed by atoms with Crippen LogP contribution in [0.4, 0.5) is 0 Å². The summed E-state index contributed by atoms with van der Waals surface area (Å²) in [5.41, 5.74) is 1.72. The van der Waals surface area contributed by atoms with Gasteiger partial charge in [0, 0.05) is 19.2 Å². The number of hydrogen-bond acceptors (Lipinski definition) is 5. The Hall–Kier alpha value is -2.18. The molecule has 0 radical (unpaired) electrons. The van der Waals surface area contributed by atoms with Crippen LogP contribution in [0.2, 0.25) is 0 Å². The number of fused-ring (bicyclic) bond motifs is 1. The van der Waals surface area contributed by atoms with Gasteiger partial charge < -0.3 is 9.64 Å². The summed E-state index contributed by atoms with van der Waals surface area (Å²) in [4.78, 5) is 38.6. The lowest BCUT2D eigenvalue weighted by atomic mass is 9.96. The Morgan fingerprint density at radius 2 is 2.04 bits per heavy atom. The van der Waals surface area contributed by atoms with E-state index in [9.17, 15) is 14.4 Å². The zero-order valence-electron chi connectivity index (χ0n) is 14.9. The van der Waals surface area contributed by atoms with Crippen LogP contribution in [0.1, 0.15) is 50.4 Å². The predicted octanol–water partition coefficient (Wildman–Crippen LogP) is 1.09. The second-order valence-corrected chi connectivity index (χ2v) is 6.78. The van der Waals surface area contributed by atoms with E-state index in [0.29, 0.717) is 32.5 Å². The Morgan fingerprint density at radius 3 is 2.72 bits per heavy atom. The SMILES string of the molecule is CCOC(=O)C1CCN(C(=O)C(C)n2nc3c(cc2=O)CCC3)CC1. The van der Waals surface area contributed by atoms with Gasteiger partial charge in [-0.25, -0.2) is 4.68 Å². The van der Waals surface area contributed by atoms with Crippen molar-refractivity contribution in [2.75, 3.05) is 19.7 Å². The number of rotatable bonds is 4. The highest BCUT2D eigenvalue weighted by atomic mass is 16.5. The van der Waals surface area contributed by atoms with Crippen molar-refractivity contribution in [1.29, 1.82) is 0 Å². The van der Waals surface area contributed by atoms with Gasteiger partial charge >= 0.3 is 5.97 Å². The van der Waals surface area contributed by atoms with E-state index in [1.807, 2.05) is 0 Å². The Kier molecular flexibility index (Phi) is 5.20. The van der Waals surface area contributed by atoms with Crippen LogP contribution in [-0.2, 0) is 27.2 Å². The first-order valence-corrected chi connectivity index (χ1v) is 9.08. The topological polar surface area (TPSA) is 81.5 Å². The molecule has 0 saturated carbocycles. The van der Waals surface area contributed by atoms with Gasteiger partial charge in [0.1, 0.15) is 6.04 Å². The largest absolute Gasteiger partial charge is 0.466 e. The Bertz CT molecular complexity index is 720. The lowest BCUT2D eigenvalue weighted by molar-refractivity contribution is -0.151. The quantitative estimate of drug-likeness (QED) is 0.762. The summed E-state index contributed by atoms with van der Waals surface area (Å²) in [7, 11) is 0. The summed E-state index contributed by atoms with van der Waals surface area (Å²) in [6.07, 6.45) is 3.96. The van der Waals surface area contributed by atoms with Gasteiger partial charge in [0.05, 0.1) is 18.2 Å². The number of aromatic nitrogens is 2. The van der Waals surface area contributed by atoms with Crippen molar-refractivity contribution in [3.05, 3.63) is 27.7 Å². The van der Waals surface area contributed by atoms with Gasteiger partial charge in [0.15, 0.2) is 0 Å². The molecule has 0 aromatic carbocycles. The molecule has 1 unspecified atom stereocenters. The molecule has 1 saturated heterocycles. The molecule has 1 atom stereocenters. The Balaban J connectivity index is 1.66. The number of hydrogen-bond donors (Lipinski definition) is 0. The van der Waals surface area contributed by atoms with Crippen molar-refractivity contribution < 1.29 is 14.3 Å². The molecule has 3 rings (SSSR count). The number of carbonyl (C=O) groups excluding carboxylic acids is 2. The third-order valence-electron chi connectivity index (χ3n) is 5.13. The summed E-state index contributed by atoms with van der Waals surface area (Å²) in [5.74, 6) is -0.436. The van der Waals surface area contributed by atoms with Crippen molar-refractivity contribution >= 4 is 11.9 Å². The zero-order valence-corrected chi connectivity index (χ0v) is 14.9. The van der Waals surface area contributed by atoms with Crippen molar-refractivity contribution in [2.45, 2.75) is 52.0 Å². The fraction of sp³-hybridized carbons (Fsp3) is 0.667. The molecule has 1 amide bonds. The fourth-order valence-corrected chi connectivity index (χ4v) is 3.66. The number of likely N-dealkylation sites (tertiary alicyclic amines) is 1. The maximum Gasteiger partial charge on any atom is 0.309 e. The second kappa shape index (κ2) is 7.37. The maximum absolute atomic E-state index is 12.8. The Morgan fingerprint density at radius 1 is 1.32 bits per heavy atom. The average Bonchev–Trinajstić information content (AvgIpc) is 3.07. The first kappa shape index (κ1) is 17.6. The highest BCUT2D eigenvalue weighted by Crippen LogP contribution is 2.22. The van der Waals surface area contributed by atoms with E-state index in [1.54, 1.807) is 24.8 Å². The van der Waals surface area contributed by atoms with Crippen LogP contribution in [0.3, 0.4) is 0 Å². The monoisotopic (exact) mass is 347 g/mol. The number of carbonyl (C=O) groups is 2. The van der Waals surface area contributed by atoms with Gasteiger partial charge in [-0.2, -0.15) is 5.10 Å². The first-order chi connectivity index (χ1) is 12.0. The normalized spacial score (nSPS) is 18.7. The molecule has 25 heavy (non-hydrogen) atoms. The molecule has 2 aliphatic rings. The van der Waals surface area contributed by atoms with Gasteiger partial charge in [-0.3, -0.25) is 14.4 Å². The molecule has 0 N–H and O–H groups in total. The zero-order chi connectivity index (χ0) is 18.0. The standard InChI is InChI=1S/C18H25N3O4/c1-3-25-18(24)13-7-9-20(10-8-13)17(23)12(2)21-16(22)11-14-5-4-6-15(14)19-21/h11-13H,3-10H2,1-2H3. The maximum atomic E-state index is 12.8. The summed E-state index contributed by atoms with van der Waals surface area (Å²) < 4.78 is 6.36. The highest BCUT2D eigenvalue weighted by molar-refractivity contribution is 5.80. The minimum Gasteiger partial charge on any atom is -0.466 e. The summed E-state index contributed by atoms with van der Waals surface area (Å²) in [6.45, 7) is 4.90. The fourth-order valence-electron chi connectivity index (χ4n) is 3.66. The number of esters is 1. The van der Waals surface area contributed by atoms with E-state index in [2.05, 4.69) is 5.10 Å². The highest BCUT2D eigenvalue weighted by Gasteiger charge is 2.31. The van der Waals surface area contributed by atoms with Crippen LogP contribution >= 0.6 is 0 Å². The summed E-state index contributed by atoms with van der Waals surface area (Å²) in [5, 5.41) is 4.42. The third kappa shape index (κ3) is 3.60. The molecule has 1 aromatic heterocycles. The molecule has 7 nitrogen and oxygen atoms in total. The smallest absolute Gasteiger partial charge is 0.309 e. The van der Waals surface area contributed by atoms with Gasteiger partial charge in [-0.05, 0) is 51.5 Å². The Labute approximate surface area is 147 Å². The van der Waals surface area contributed by atoms with E-state index in [-0.39, 0.29) is 23.4 Å². The minimum absolute atomic E-state index is 0.116. The molecule has 0 spiro atoms. The van der Waals surface area contributed by atoms with E-state index in [1.165, 1.54) is 4.68 Å². The second-order valence-electron chi connectivity index (χ2n) is 6.78.